The van der Waals surface area contributed by atoms with Gasteiger partial charge in [0.15, 0.2) is 5.96 Å². The molecule has 148 valence electrons. The van der Waals surface area contributed by atoms with Crippen LogP contribution in [0.25, 0.3) is 11.3 Å². The highest BCUT2D eigenvalue weighted by molar-refractivity contribution is 14.0. The second-order valence-electron chi connectivity index (χ2n) is 5.85. The van der Waals surface area contributed by atoms with Crippen LogP contribution in [0.5, 0.6) is 5.75 Å². The molecular formula is C21H25IN4OS. The van der Waals surface area contributed by atoms with Crippen molar-refractivity contribution in [2.75, 3.05) is 13.7 Å². The number of ether oxygens (including phenoxy) is 1. The second kappa shape index (κ2) is 11.7. The Kier molecular flexibility index (Phi) is 9.22. The van der Waals surface area contributed by atoms with Crippen LogP contribution in [0, 0.1) is 0 Å². The molecule has 0 radical (unpaired) electrons. The standard InChI is InChI=1S/C21H24N4OS.HI/c1-3-22-21(23-13-17-11-7-8-12-19(17)26-2)24-14-20-25-18(15-27-20)16-9-5-4-6-10-16;/h4-12,15H,3,13-14H2,1-2H3,(H2,22,23,24);1H. The summed E-state index contributed by atoms with van der Waals surface area (Å²) in [6.07, 6.45) is 0. The summed E-state index contributed by atoms with van der Waals surface area (Å²) in [5.74, 6) is 1.62. The highest BCUT2D eigenvalue weighted by atomic mass is 127. The Morgan fingerprint density at radius 1 is 1.07 bits per heavy atom. The molecule has 0 aliphatic carbocycles. The first-order chi connectivity index (χ1) is 13.3. The zero-order chi connectivity index (χ0) is 18.9. The first-order valence-corrected chi connectivity index (χ1v) is 9.82. The van der Waals surface area contributed by atoms with Gasteiger partial charge in [-0.3, -0.25) is 0 Å². The molecule has 5 nitrogen and oxygen atoms in total. The quantitative estimate of drug-likeness (QED) is 0.276. The predicted octanol–water partition coefficient (Wildman–Crippen LogP) is 4.69. The molecule has 0 unspecified atom stereocenters. The molecule has 0 aliphatic rings. The number of methoxy groups -OCH3 is 1. The van der Waals surface area contributed by atoms with E-state index in [0.29, 0.717) is 13.1 Å². The minimum absolute atomic E-state index is 0. The summed E-state index contributed by atoms with van der Waals surface area (Å²) in [5.41, 5.74) is 3.20. The largest absolute Gasteiger partial charge is 0.496 e. The van der Waals surface area contributed by atoms with Crippen LogP contribution in [0.1, 0.15) is 17.5 Å². The molecule has 0 spiro atoms. The lowest BCUT2D eigenvalue weighted by atomic mass is 10.2. The third kappa shape index (κ3) is 6.20. The molecule has 1 heterocycles. The van der Waals surface area contributed by atoms with E-state index in [4.69, 9.17) is 9.72 Å². The van der Waals surface area contributed by atoms with Gasteiger partial charge in [0, 0.05) is 23.1 Å². The molecule has 2 N–H and O–H groups in total. The van der Waals surface area contributed by atoms with Crippen molar-refractivity contribution in [1.29, 1.82) is 0 Å². The van der Waals surface area contributed by atoms with E-state index in [2.05, 4.69) is 40.1 Å². The third-order valence-corrected chi connectivity index (χ3v) is 4.82. The van der Waals surface area contributed by atoms with Gasteiger partial charge in [-0.1, -0.05) is 48.5 Å². The van der Waals surface area contributed by atoms with Crippen molar-refractivity contribution in [2.45, 2.75) is 20.0 Å². The van der Waals surface area contributed by atoms with E-state index in [0.717, 1.165) is 40.1 Å². The summed E-state index contributed by atoms with van der Waals surface area (Å²) < 4.78 is 5.39. The van der Waals surface area contributed by atoms with Crippen LogP contribution in [0.4, 0.5) is 0 Å². The monoisotopic (exact) mass is 508 g/mol. The van der Waals surface area contributed by atoms with Crippen molar-refractivity contribution < 1.29 is 4.74 Å². The van der Waals surface area contributed by atoms with E-state index in [1.165, 1.54) is 0 Å². The Labute approximate surface area is 187 Å². The number of halogens is 1. The number of rotatable bonds is 7. The molecular weight excluding hydrogens is 483 g/mol. The fraction of sp³-hybridized carbons (Fsp3) is 0.238. The van der Waals surface area contributed by atoms with Gasteiger partial charge in [0.2, 0.25) is 0 Å². The maximum atomic E-state index is 5.39. The molecule has 0 amide bonds. The molecule has 0 saturated heterocycles. The first-order valence-electron chi connectivity index (χ1n) is 8.94. The van der Waals surface area contributed by atoms with Crippen LogP contribution >= 0.6 is 35.3 Å². The number of thiazole rings is 1. The van der Waals surface area contributed by atoms with Crippen LogP contribution in [-0.2, 0) is 13.1 Å². The van der Waals surface area contributed by atoms with E-state index in [-0.39, 0.29) is 24.0 Å². The summed E-state index contributed by atoms with van der Waals surface area (Å²) in [6.45, 7) is 4.03. The van der Waals surface area contributed by atoms with E-state index in [1.807, 2.05) is 42.5 Å². The van der Waals surface area contributed by atoms with Crippen molar-refractivity contribution in [3.8, 4) is 17.0 Å². The number of guanidine groups is 1. The van der Waals surface area contributed by atoms with Gasteiger partial charge < -0.3 is 15.4 Å². The summed E-state index contributed by atoms with van der Waals surface area (Å²) in [4.78, 5) is 9.38. The molecule has 3 aromatic rings. The van der Waals surface area contributed by atoms with Crippen molar-refractivity contribution in [3.05, 3.63) is 70.5 Å². The Balaban J connectivity index is 0.00000280. The highest BCUT2D eigenvalue weighted by Gasteiger charge is 2.06. The molecule has 2 aromatic carbocycles. The molecule has 0 bridgehead atoms. The molecule has 0 aliphatic heterocycles. The maximum absolute atomic E-state index is 5.39. The lowest BCUT2D eigenvalue weighted by Gasteiger charge is -2.11. The van der Waals surface area contributed by atoms with Gasteiger partial charge in [-0.05, 0) is 13.0 Å². The van der Waals surface area contributed by atoms with Gasteiger partial charge in [-0.15, -0.1) is 35.3 Å². The summed E-state index contributed by atoms with van der Waals surface area (Å²) >= 11 is 1.65. The summed E-state index contributed by atoms with van der Waals surface area (Å²) in [6, 6.07) is 18.2. The zero-order valence-corrected chi connectivity index (χ0v) is 19.2. The predicted molar refractivity (Wildman–Crippen MR) is 128 cm³/mol. The van der Waals surface area contributed by atoms with E-state index in [1.54, 1.807) is 18.4 Å². The minimum Gasteiger partial charge on any atom is -0.496 e. The fourth-order valence-electron chi connectivity index (χ4n) is 2.63. The number of hydrogen-bond acceptors (Lipinski definition) is 4. The Hall–Kier alpha value is -2.13. The number of benzene rings is 2. The number of aliphatic imine (C=N–C) groups is 1. The molecule has 3 rings (SSSR count). The third-order valence-electron chi connectivity index (χ3n) is 3.97. The van der Waals surface area contributed by atoms with Crippen LogP contribution in [0.3, 0.4) is 0 Å². The van der Waals surface area contributed by atoms with Gasteiger partial charge in [0.1, 0.15) is 10.8 Å². The number of nitrogens with one attached hydrogen (secondary N) is 2. The summed E-state index contributed by atoms with van der Waals surface area (Å²) in [5, 5.41) is 9.74. The van der Waals surface area contributed by atoms with Crippen molar-refractivity contribution in [3.63, 3.8) is 0 Å². The average molecular weight is 508 g/mol. The Morgan fingerprint density at radius 3 is 2.57 bits per heavy atom. The average Bonchev–Trinajstić information content (AvgIpc) is 3.20. The van der Waals surface area contributed by atoms with Gasteiger partial charge >= 0.3 is 0 Å². The van der Waals surface area contributed by atoms with E-state index in [9.17, 15) is 0 Å². The Bertz CT molecular complexity index is 883. The van der Waals surface area contributed by atoms with Crippen molar-refractivity contribution in [2.24, 2.45) is 4.99 Å². The summed E-state index contributed by atoms with van der Waals surface area (Å²) in [7, 11) is 1.68. The fourth-order valence-corrected chi connectivity index (χ4v) is 3.38. The topological polar surface area (TPSA) is 58.5 Å². The highest BCUT2D eigenvalue weighted by Crippen LogP contribution is 2.21. The van der Waals surface area contributed by atoms with E-state index < -0.39 is 0 Å². The van der Waals surface area contributed by atoms with Gasteiger partial charge in [-0.25, -0.2) is 9.98 Å². The number of para-hydroxylation sites is 1. The van der Waals surface area contributed by atoms with Crippen LogP contribution in [0.15, 0.2) is 65.0 Å². The molecule has 0 atom stereocenters. The van der Waals surface area contributed by atoms with Crippen LogP contribution in [-0.4, -0.2) is 24.6 Å². The van der Waals surface area contributed by atoms with Crippen LogP contribution in [0.2, 0.25) is 0 Å². The minimum atomic E-state index is 0. The van der Waals surface area contributed by atoms with Gasteiger partial charge in [0.25, 0.3) is 0 Å². The van der Waals surface area contributed by atoms with Crippen molar-refractivity contribution in [1.82, 2.24) is 15.6 Å². The lowest BCUT2D eigenvalue weighted by molar-refractivity contribution is 0.410. The van der Waals surface area contributed by atoms with Gasteiger partial charge in [-0.2, -0.15) is 0 Å². The number of hydrogen-bond donors (Lipinski definition) is 2. The second-order valence-corrected chi connectivity index (χ2v) is 6.80. The lowest BCUT2D eigenvalue weighted by Crippen LogP contribution is -2.36. The zero-order valence-electron chi connectivity index (χ0n) is 16.0. The van der Waals surface area contributed by atoms with Crippen molar-refractivity contribution >= 4 is 41.3 Å². The SMILES string of the molecule is CCNC(=NCc1ccccc1OC)NCc1nc(-c2ccccc2)cs1.I. The molecule has 28 heavy (non-hydrogen) atoms. The smallest absolute Gasteiger partial charge is 0.191 e. The Morgan fingerprint density at radius 2 is 1.82 bits per heavy atom. The van der Waals surface area contributed by atoms with Gasteiger partial charge in [0.05, 0.1) is 25.9 Å². The molecule has 0 fully saturated rings. The first kappa shape index (κ1) is 22.2. The number of nitrogens with zero attached hydrogens (tertiary/aromatic N) is 2. The van der Waals surface area contributed by atoms with Crippen LogP contribution < -0.4 is 15.4 Å². The number of aromatic nitrogens is 1. The molecule has 0 saturated carbocycles. The maximum Gasteiger partial charge on any atom is 0.191 e. The van der Waals surface area contributed by atoms with E-state index >= 15 is 0 Å². The molecule has 1 aromatic heterocycles. The molecule has 7 heteroatoms. The normalized spacial score (nSPS) is 10.9.